The van der Waals surface area contributed by atoms with E-state index in [4.69, 9.17) is 16.4 Å². The lowest BCUT2D eigenvalue weighted by atomic mass is 10.1. The van der Waals surface area contributed by atoms with Gasteiger partial charge in [-0.2, -0.15) is 5.26 Å². The number of hydrogen-bond acceptors (Lipinski definition) is 2. The Morgan fingerprint density at radius 1 is 1.12 bits per heavy atom. The van der Waals surface area contributed by atoms with Crippen molar-refractivity contribution in [3.8, 4) is 6.19 Å². The lowest BCUT2D eigenvalue weighted by Crippen LogP contribution is -2.33. The molecule has 0 unspecified atom stereocenters. The summed E-state index contributed by atoms with van der Waals surface area (Å²) in [6, 6.07) is 0. The smallest absolute Gasteiger partial charge is 0.201 e. The summed E-state index contributed by atoms with van der Waals surface area (Å²) in [6.45, 7) is 2.80. The zero-order chi connectivity index (χ0) is 12.2. The minimum Gasteiger partial charge on any atom is -0.369 e. The van der Waals surface area contributed by atoms with E-state index in [1.54, 1.807) is 0 Å². The van der Waals surface area contributed by atoms with Gasteiger partial charge in [-0.3, -0.25) is 5.41 Å². The third-order valence-electron chi connectivity index (χ3n) is 2.65. The lowest BCUT2D eigenvalue weighted by Gasteiger charge is -2.12. The lowest BCUT2D eigenvalue weighted by molar-refractivity contribution is 0.501. The molecule has 0 atom stereocenters. The molecule has 0 heterocycles. The minimum atomic E-state index is -0.148. The van der Waals surface area contributed by atoms with Crippen molar-refractivity contribution < 1.29 is 0 Å². The molecule has 16 heavy (non-hydrogen) atoms. The van der Waals surface area contributed by atoms with Gasteiger partial charge in [0.15, 0.2) is 6.19 Å². The Kier molecular flexibility index (Phi) is 9.49. The van der Waals surface area contributed by atoms with Gasteiger partial charge in [-0.05, 0) is 6.42 Å². The van der Waals surface area contributed by atoms with Gasteiger partial charge in [0.1, 0.15) is 0 Å². The van der Waals surface area contributed by atoms with Gasteiger partial charge in [0.2, 0.25) is 5.96 Å². The molecule has 4 nitrogen and oxygen atoms in total. The number of nitrogens with two attached hydrogens (primary N) is 1. The maximum Gasteiger partial charge on any atom is 0.201 e. The van der Waals surface area contributed by atoms with Crippen molar-refractivity contribution in [1.29, 1.82) is 10.7 Å². The number of nitrogens with one attached hydrogen (secondary N) is 1. The van der Waals surface area contributed by atoms with Gasteiger partial charge in [0.05, 0.1) is 0 Å². The second-order valence-electron chi connectivity index (χ2n) is 4.11. The van der Waals surface area contributed by atoms with Crippen molar-refractivity contribution in [2.75, 3.05) is 6.54 Å². The number of nitrogens with zero attached hydrogens (tertiary/aromatic N) is 2. The van der Waals surface area contributed by atoms with Crippen LogP contribution >= 0.6 is 0 Å². The summed E-state index contributed by atoms with van der Waals surface area (Å²) >= 11 is 0. The molecule has 0 amide bonds. The highest BCUT2D eigenvalue weighted by molar-refractivity contribution is 5.76. The van der Waals surface area contributed by atoms with Crippen LogP contribution in [0.5, 0.6) is 0 Å². The molecule has 0 aliphatic heterocycles. The quantitative estimate of drug-likeness (QED) is 0.208. The van der Waals surface area contributed by atoms with Crippen LogP contribution in [-0.2, 0) is 0 Å². The second kappa shape index (κ2) is 10.3. The van der Waals surface area contributed by atoms with Crippen LogP contribution in [0.1, 0.15) is 58.3 Å². The zero-order valence-electron chi connectivity index (χ0n) is 10.3. The summed E-state index contributed by atoms with van der Waals surface area (Å²) in [5, 5.41) is 15.8. The van der Waals surface area contributed by atoms with Gasteiger partial charge in [-0.25, -0.2) is 4.90 Å². The Balaban J connectivity index is 3.27. The summed E-state index contributed by atoms with van der Waals surface area (Å²) < 4.78 is 0. The van der Waals surface area contributed by atoms with Crippen LogP contribution in [0.4, 0.5) is 0 Å². The predicted molar refractivity (Wildman–Crippen MR) is 66.8 cm³/mol. The zero-order valence-corrected chi connectivity index (χ0v) is 10.3. The molecule has 0 aromatic rings. The SMILES string of the molecule is CCCCCCCCCCN(C#N)C(=N)N. The highest BCUT2D eigenvalue weighted by Crippen LogP contribution is 2.08. The van der Waals surface area contributed by atoms with Crippen LogP contribution in [0, 0.1) is 16.9 Å². The molecule has 0 rings (SSSR count). The topological polar surface area (TPSA) is 76.9 Å². The Bertz CT molecular complexity index is 220. The fourth-order valence-electron chi connectivity index (χ4n) is 1.63. The van der Waals surface area contributed by atoms with Gasteiger partial charge in [0.25, 0.3) is 0 Å². The molecule has 3 N–H and O–H groups in total. The standard InChI is InChI=1S/C12H24N4/c1-2-3-4-5-6-7-8-9-10-16(11-13)12(14)15/h2-10H2,1H3,(H3,14,15). The number of guanidine groups is 1. The molecule has 0 aromatic carbocycles. The number of nitriles is 1. The van der Waals surface area contributed by atoms with E-state index in [1.165, 1.54) is 43.4 Å². The van der Waals surface area contributed by atoms with E-state index in [9.17, 15) is 0 Å². The summed E-state index contributed by atoms with van der Waals surface area (Å²) in [5.41, 5.74) is 5.23. The Morgan fingerprint density at radius 2 is 1.62 bits per heavy atom. The molecule has 0 radical (unpaired) electrons. The van der Waals surface area contributed by atoms with E-state index in [0.717, 1.165) is 12.8 Å². The van der Waals surface area contributed by atoms with Crippen molar-refractivity contribution in [1.82, 2.24) is 4.90 Å². The Hall–Kier alpha value is -1.24. The average molecular weight is 224 g/mol. The summed E-state index contributed by atoms with van der Waals surface area (Å²) in [4.78, 5) is 1.23. The van der Waals surface area contributed by atoms with Crippen molar-refractivity contribution in [3.05, 3.63) is 0 Å². The van der Waals surface area contributed by atoms with Crippen LogP contribution < -0.4 is 5.73 Å². The first-order chi connectivity index (χ1) is 7.72. The van der Waals surface area contributed by atoms with Crippen LogP contribution in [0.3, 0.4) is 0 Å². The predicted octanol–water partition coefficient (Wildman–Crippen LogP) is 2.80. The minimum absolute atomic E-state index is 0.148. The maximum absolute atomic E-state index is 8.65. The Labute approximate surface area is 98.9 Å². The maximum atomic E-state index is 8.65. The first kappa shape index (κ1) is 14.8. The Morgan fingerprint density at radius 3 is 2.06 bits per heavy atom. The molecule has 92 valence electrons. The van der Waals surface area contributed by atoms with Crippen LogP contribution in [0.25, 0.3) is 0 Å². The molecular formula is C12H24N4. The van der Waals surface area contributed by atoms with Gasteiger partial charge in [-0.1, -0.05) is 51.9 Å². The molecule has 0 spiro atoms. The molecule has 0 saturated heterocycles. The molecular weight excluding hydrogens is 200 g/mol. The molecule has 0 saturated carbocycles. The summed E-state index contributed by atoms with van der Waals surface area (Å²) in [5.74, 6) is -0.148. The fourth-order valence-corrected chi connectivity index (χ4v) is 1.63. The van der Waals surface area contributed by atoms with E-state index in [0.29, 0.717) is 6.54 Å². The molecule has 0 aliphatic rings. The third kappa shape index (κ3) is 8.10. The number of hydrogen-bond donors (Lipinski definition) is 2. The van der Waals surface area contributed by atoms with Crippen LogP contribution in [0.15, 0.2) is 0 Å². The van der Waals surface area contributed by atoms with Crippen LogP contribution in [-0.4, -0.2) is 17.4 Å². The molecule has 0 aromatic heterocycles. The van der Waals surface area contributed by atoms with E-state index >= 15 is 0 Å². The second-order valence-corrected chi connectivity index (χ2v) is 4.11. The number of rotatable bonds is 9. The van der Waals surface area contributed by atoms with Crippen molar-refractivity contribution >= 4 is 5.96 Å². The van der Waals surface area contributed by atoms with Crippen LogP contribution in [0.2, 0.25) is 0 Å². The first-order valence-corrected chi connectivity index (χ1v) is 6.23. The number of unbranched alkanes of at least 4 members (excludes halogenated alkanes) is 7. The van der Waals surface area contributed by atoms with E-state index in [-0.39, 0.29) is 5.96 Å². The fraction of sp³-hybridized carbons (Fsp3) is 0.833. The molecule has 0 bridgehead atoms. The normalized spacial score (nSPS) is 9.75. The monoisotopic (exact) mass is 224 g/mol. The van der Waals surface area contributed by atoms with Gasteiger partial charge >= 0.3 is 0 Å². The largest absolute Gasteiger partial charge is 0.369 e. The van der Waals surface area contributed by atoms with E-state index in [1.807, 2.05) is 6.19 Å². The highest BCUT2D eigenvalue weighted by atomic mass is 15.2. The van der Waals surface area contributed by atoms with E-state index in [2.05, 4.69) is 6.92 Å². The van der Waals surface area contributed by atoms with Gasteiger partial charge in [-0.15, -0.1) is 0 Å². The van der Waals surface area contributed by atoms with Gasteiger partial charge in [0, 0.05) is 6.54 Å². The average Bonchev–Trinajstić information content (AvgIpc) is 2.26. The van der Waals surface area contributed by atoms with Gasteiger partial charge < -0.3 is 5.73 Å². The summed E-state index contributed by atoms with van der Waals surface area (Å²) in [6.07, 6.45) is 11.8. The van der Waals surface area contributed by atoms with Crippen molar-refractivity contribution in [2.24, 2.45) is 5.73 Å². The van der Waals surface area contributed by atoms with E-state index < -0.39 is 0 Å². The molecule has 0 fully saturated rings. The first-order valence-electron chi connectivity index (χ1n) is 6.23. The summed E-state index contributed by atoms with van der Waals surface area (Å²) in [7, 11) is 0. The van der Waals surface area contributed by atoms with Crippen molar-refractivity contribution in [3.63, 3.8) is 0 Å². The van der Waals surface area contributed by atoms with Crippen molar-refractivity contribution in [2.45, 2.75) is 58.3 Å². The third-order valence-corrected chi connectivity index (χ3v) is 2.65. The molecule has 4 heteroatoms. The molecule has 0 aliphatic carbocycles. The highest BCUT2D eigenvalue weighted by Gasteiger charge is 2.03.